The number of rotatable bonds is 7. The van der Waals surface area contributed by atoms with Crippen molar-refractivity contribution in [1.29, 1.82) is 0 Å². The molecule has 1 unspecified atom stereocenters. The van der Waals surface area contributed by atoms with Gasteiger partial charge in [0.15, 0.2) is 5.96 Å². The van der Waals surface area contributed by atoms with E-state index in [1.54, 1.807) is 0 Å². The number of aliphatic imine (C=N–C) groups is 1. The van der Waals surface area contributed by atoms with Gasteiger partial charge in [-0.1, -0.05) is 6.92 Å². The van der Waals surface area contributed by atoms with Gasteiger partial charge >= 0.3 is 6.18 Å². The maximum atomic E-state index is 12.1. The van der Waals surface area contributed by atoms with Gasteiger partial charge in [-0.3, -0.25) is 4.99 Å². The molecule has 1 aliphatic rings. The standard InChI is InChI=1S/C15H29F3N4.HI/c1-3-19-14(21-9-7-15(16,17)18)20-8-5-11-22-10-4-6-13(2)12-22;/h13H,3-12H2,1-2H3,(H2,19,20,21);1H. The van der Waals surface area contributed by atoms with Crippen LogP contribution in [-0.2, 0) is 0 Å². The molecule has 0 aliphatic carbocycles. The monoisotopic (exact) mass is 450 g/mol. The van der Waals surface area contributed by atoms with E-state index in [0.29, 0.717) is 19.0 Å². The molecular weight excluding hydrogens is 420 g/mol. The van der Waals surface area contributed by atoms with Gasteiger partial charge in [0.25, 0.3) is 0 Å². The van der Waals surface area contributed by atoms with Crippen LogP contribution in [0.1, 0.15) is 39.5 Å². The summed E-state index contributed by atoms with van der Waals surface area (Å²) in [4.78, 5) is 6.79. The lowest BCUT2D eigenvalue weighted by molar-refractivity contribution is -0.132. The number of likely N-dealkylation sites (tertiary alicyclic amines) is 1. The van der Waals surface area contributed by atoms with Crippen molar-refractivity contribution >= 4 is 29.9 Å². The largest absolute Gasteiger partial charge is 0.390 e. The fourth-order valence-electron chi connectivity index (χ4n) is 2.64. The molecule has 0 spiro atoms. The molecule has 1 aliphatic heterocycles. The third-order valence-electron chi connectivity index (χ3n) is 3.69. The van der Waals surface area contributed by atoms with Crippen molar-refractivity contribution in [2.24, 2.45) is 10.9 Å². The Bertz CT molecular complexity index is 337. The zero-order chi connectivity index (χ0) is 16.4. The first-order valence-electron chi connectivity index (χ1n) is 8.22. The second kappa shape index (κ2) is 12.2. The number of piperidine rings is 1. The SMILES string of the molecule is CCNC(=NCCCN1CCCC(C)C1)NCCC(F)(F)F.I. The van der Waals surface area contributed by atoms with Gasteiger partial charge in [0, 0.05) is 26.2 Å². The van der Waals surface area contributed by atoms with Crippen LogP contribution >= 0.6 is 24.0 Å². The molecule has 0 amide bonds. The van der Waals surface area contributed by atoms with E-state index < -0.39 is 12.6 Å². The molecule has 0 saturated carbocycles. The van der Waals surface area contributed by atoms with Gasteiger partial charge in [0.05, 0.1) is 6.42 Å². The molecule has 8 heteroatoms. The Morgan fingerprint density at radius 2 is 2.04 bits per heavy atom. The second-order valence-electron chi connectivity index (χ2n) is 5.95. The Kier molecular flexibility index (Phi) is 12.0. The van der Waals surface area contributed by atoms with Gasteiger partial charge in [-0.25, -0.2) is 0 Å². The molecular formula is C15H30F3IN4. The van der Waals surface area contributed by atoms with Gasteiger partial charge in [-0.2, -0.15) is 13.2 Å². The average molecular weight is 450 g/mol. The molecule has 0 aromatic heterocycles. The smallest absolute Gasteiger partial charge is 0.357 e. The summed E-state index contributed by atoms with van der Waals surface area (Å²) in [6.07, 6.45) is -1.48. The molecule has 4 nitrogen and oxygen atoms in total. The number of nitrogens with one attached hydrogen (secondary N) is 2. The van der Waals surface area contributed by atoms with E-state index in [1.807, 2.05) is 6.92 Å². The summed E-state index contributed by atoms with van der Waals surface area (Å²) in [5, 5.41) is 5.70. The average Bonchev–Trinajstić information content (AvgIpc) is 2.42. The van der Waals surface area contributed by atoms with Crippen LogP contribution in [0.15, 0.2) is 4.99 Å². The number of hydrogen-bond acceptors (Lipinski definition) is 2. The van der Waals surface area contributed by atoms with Crippen molar-refractivity contribution in [3.63, 3.8) is 0 Å². The maximum Gasteiger partial charge on any atom is 0.390 e. The summed E-state index contributed by atoms with van der Waals surface area (Å²) in [6.45, 7) is 8.61. The molecule has 1 fully saturated rings. The minimum atomic E-state index is -4.13. The van der Waals surface area contributed by atoms with Crippen LogP contribution in [0, 0.1) is 5.92 Å². The van der Waals surface area contributed by atoms with Gasteiger partial charge < -0.3 is 15.5 Å². The van der Waals surface area contributed by atoms with Gasteiger partial charge in [-0.15, -0.1) is 24.0 Å². The van der Waals surface area contributed by atoms with E-state index in [2.05, 4.69) is 27.4 Å². The highest BCUT2D eigenvalue weighted by Crippen LogP contribution is 2.18. The van der Waals surface area contributed by atoms with E-state index in [9.17, 15) is 13.2 Å². The highest BCUT2D eigenvalue weighted by molar-refractivity contribution is 14.0. The first kappa shape index (κ1) is 22.8. The van der Waals surface area contributed by atoms with Crippen molar-refractivity contribution in [2.75, 3.05) is 39.3 Å². The van der Waals surface area contributed by atoms with Crippen molar-refractivity contribution in [2.45, 2.75) is 45.7 Å². The normalized spacial score (nSPS) is 20.0. The maximum absolute atomic E-state index is 12.1. The van der Waals surface area contributed by atoms with Crippen LogP contribution in [0.25, 0.3) is 0 Å². The third kappa shape index (κ3) is 11.9. The number of nitrogens with zero attached hydrogens (tertiary/aromatic N) is 2. The van der Waals surface area contributed by atoms with Crippen LogP contribution in [0.2, 0.25) is 0 Å². The van der Waals surface area contributed by atoms with Crippen LogP contribution in [0.3, 0.4) is 0 Å². The topological polar surface area (TPSA) is 39.7 Å². The minimum Gasteiger partial charge on any atom is -0.357 e. The Hall–Kier alpha value is -0.250. The first-order chi connectivity index (χ1) is 10.4. The number of guanidine groups is 1. The van der Waals surface area contributed by atoms with Crippen molar-refractivity contribution in [1.82, 2.24) is 15.5 Å². The summed E-state index contributed by atoms with van der Waals surface area (Å²) in [5.74, 6) is 1.23. The van der Waals surface area contributed by atoms with Crippen LogP contribution in [-0.4, -0.2) is 56.3 Å². The lowest BCUT2D eigenvalue weighted by atomic mass is 10.0. The molecule has 1 rings (SSSR count). The van der Waals surface area contributed by atoms with Crippen molar-refractivity contribution in [3.05, 3.63) is 0 Å². The van der Waals surface area contributed by atoms with Gasteiger partial charge in [0.1, 0.15) is 0 Å². The van der Waals surface area contributed by atoms with E-state index in [1.165, 1.54) is 12.8 Å². The molecule has 0 aromatic carbocycles. The fourth-order valence-corrected chi connectivity index (χ4v) is 2.64. The predicted octanol–water partition coefficient (Wildman–Crippen LogP) is 3.23. The van der Waals surface area contributed by atoms with Crippen molar-refractivity contribution < 1.29 is 13.2 Å². The van der Waals surface area contributed by atoms with Crippen LogP contribution < -0.4 is 10.6 Å². The second-order valence-corrected chi connectivity index (χ2v) is 5.95. The molecule has 23 heavy (non-hydrogen) atoms. The summed E-state index contributed by atoms with van der Waals surface area (Å²) in [6, 6.07) is 0. The van der Waals surface area contributed by atoms with E-state index in [-0.39, 0.29) is 30.5 Å². The number of halogens is 4. The summed E-state index contributed by atoms with van der Waals surface area (Å²) < 4.78 is 36.4. The van der Waals surface area contributed by atoms with Crippen LogP contribution in [0.4, 0.5) is 13.2 Å². The van der Waals surface area contributed by atoms with Crippen LogP contribution in [0.5, 0.6) is 0 Å². The van der Waals surface area contributed by atoms with Gasteiger partial charge in [0.2, 0.25) is 0 Å². The Labute approximate surface area is 154 Å². The molecule has 138 valence electrons. The Morgan fingerprint density at radius 3 is 2.65 bits per heavy atom. The fraction of sp³-hybridized carbons (Fsp3) is 0.933. The van der Waals surface area contributed by atoms with E-state index >= 15 is 0 Å². The molecule has 0 radical (unpaired) electrons. The van der Waals surface area contributed by atoms with Crippen molar-refractivity contribution in [3.8, 4) is 0 Å². The highest BCUT2D eigenvalue weighted by atomic mass is 127. The Balaban J connectivity index is 0.00000484. The molecule has 0 aromatic rings. The predicted molar refractivity (Wildman–Crippen MR) is 99.5 cm³/mol. The summed E-state index contributed by atoms with van der Waals surface area (Å²) in [5.41, 5.74) is 0. The van der Waals surface area contributed by atoms with Gasteiger partial charge in [-0.05, 0) is 45.2 Å². The minimum absolute atomic E-state index is 0. The summed E-state index contributed by atoms with van der Waals surface area (Å²) >= 11 is 0. The van der Waals surface area contributed by atoms with E-state index in [4.69, 9.17) is 0 Å². The zero-order valence-corrected chi connectivity index (χ0v) is 16.4. The van der Waals surface area contributed by atoms with E-state index in [0.717, 1.165) is 32.0 Å². The number of alkyl halides is 3. The highest BCUT2D eigenvalue weighted by Gasteiger charge is 2.26. The molecule has 1 saturated heterocycles. The zero-order valence-electron chi connectivity index (χ0n) is 14.1. The molecule has 2 N–H and O–H groups in total. The lowest BCUT2D eigenvalue weighted by Gasteiger charge is -2.30. The number of hydrogen-bond donors (Lipinski definition) is 2. The summed E-state index contributed by atoms with van der Waals surface area (Å²) in [7, 11) is 0. The molecule has 1 heterocycles. The first-order valence-corrected chi connectivity index (χ1v) is 8.22. The molecule has 0 bridgehead atoms. The third-order valence-corrected chi connectivity index (χ3v) is 3.69. The Morgan fingerprint density at radius 1 is 1.30 bits per heavy atom. The lowest BCUT2D eigenvalue weighted by Crippen LogP contribution is -2.39. The quantitative estimate of drug-likeness (QED) is 0.271. The molecule has 1 atom stereocenters.